The van der Waals surface area contributed by atoms with E-state index in [4.69, 9.17) is 4.74 Å². The van der Waals surface area contributed by atoms with Crippen LogP contribution in [0.1, 0.15) is 43.4 Å². The fourth-order valence-electron chi connectivity index (χ4n) is 4.80. The van der Waals surface area contributed by atoms with Crippen LogP contribution in [0.25, 0.3) is 0 Å². The molecule has 1 aliphatic carbocycles. The standard InChI is InChI=1S/C29H27N3O3/c1-18-9-6-16-25(30-18)32-29(34)26-19(2)31-23-14-8-15-24(33)28(23)27(26)20-10-7-13-22(17-20)35-21-11-4-3-5-12-21/h3-7,9-13,16-17,27,31H,8,14-15H2,1-2H3,(H,30,32,34). The highest BCUT2D eigenvalue weighted by Crippen LogP contribution is 2.43. The first-order valence-electron chi connectivity index (χ1n) is 11.8. The van der Waals surface area contributed by atoms with E-state index >= 15 is 0 Å². The van der Waals surface area contributed by atoms with Gasteiger partial charge in [0.05, 0.1) is 0 Å². The van der Waals surface area contributed by atoms with Crippen molar-refractivity contribution in [2.24, 2.45) is 0 Å². The SMILES string of the molecule is CC1=C(C(=O)Nc2cccc(C)n2)C(c2cccc(Oc3ccccc3)c2)C2=C(CCCC2=O)N1. The molecule has 6 nitrogen and oxygen atoms in total. The molecular formula is C29H27N3O3. The van der Waals surface area contributed by atoms with Crippen LogP contribution in [0.15, 0.2) is 95.3 Å². The summed E-state index contributed by atoms with van der Waals surface area (Å²) in [5, 5.41) is 6.29. The smallest absolute Gasteiger partial charge is 0.255 e. The van der Waals surface area contributed by atoms with Gasteiger partial charge in [-0.1, -0.05) is 36.4 Å². The average Bonchev–Trinajstić information content (AvgIpc) is 2.84. The third-order valence-electron chi connectivity index (χ3n) is 6.32. The van der Waals surface area contributed by atoms with Gasteiger partial charge in [0.25, 0.3) is 5.91 Å². The number of hydrogen-bond donors (Lipinski definition) is 2. The summed E-state index contributed by atoms with van der Waals surface area (Å²) in [4.78, 5) is 31.2. The van der Waals surface area contributed by atoms with E-state index in [1.165, 1.54) is 0 Å². The van der Waals surface area contributed by atoms with E-state index in [2.05, 4.69) is 15.6 Å². The zero-order valence-electron chi connectivity index (χ0n) is 19.8. The summed E-state index contributed by atoms with van der Waals surface area (Å²) in [7, 11) is 0. The molecule has 1 aromatic heterocycles. The van der Waals surface area contributed by atoms with Gasteiger partial charge < -0.3 is 15.4 Å². The van der Waals surface area contributed by atoms with Crippen LogP contribution in [0.3, 0.4) is 0 Å². The van der Waals surface area contributed by atoms with Crippen molar-refractivity contribution in [1.82, 2.24) is 10.3 Å². The normalized spacial score (nSPS) is 17.5. The average molecular weight is 466 g/mol. The lowest BCUT2D eigenvalue weighted by Crippen LogP contribution is -2.35. The molecule has 2 aliphatic rings. The zero-order valence-corrected chi connectivity index (χ0v) is 19.8. The van der Waals surface area contributed by atoms with Crippen molar-refractivity contribution in [3.63, 3.8) is 0 Å². The number of ether oxygens (including phenoxy) is 1. The number of dihydropyridines is 1. The summed E-state index contributed by atoms with van der Waals surface area (Å²) in [6.45, 7) is 3.76. The number of aryl methyl sites for hydroxylation is 1. The quantitative estimate of drug-likeness (QED) is 0.499. The van der Waals surface area contributed by atoms with E-state index in [-0.39, 0.29) is 11.7 Å². The van der Waals surface area contributed by atoms with Gasteiger partial charge in [0, 0.05) is 40.6 Å². The molecule has 1 atom stereocenters. The Labute approximate surface area is 204 Å². The number of Topliss-reactive ketones (excluding diaryl/α,β-unsaturated/α-hetero) is 1. The van der Waals surface area contributed by atoms with E-state index in [0.29, 0.717) is 29.1 Å². The fraction of sp³-hybridized carbons (Fsp3) is 0.207. The third kappa shape index (κ3) is 4.73. The first-order valence-corrected chi connectivity index (χ1v) is 11.8. The number of rotatable bonds is 5. The highest BCUT2D eigenvalue weighted by molar-refractivity contribution is 6.09. The highest BCUT2D eigenvalue weighted by atomic mass is 16.5. The Morgan fingerprint density at radius 2 is 1.74 bits per heavy atom. The summed E-state index contributed by atoms with van der Waals surface area (Å²) in [6.07, 6.45) is 2.06. The van der Waals surface area contributed by atoms with E-state index in [0.717, 1.165) is 41.2 Å². The second-order valence-corrected chi connectivity index (χ2v) is 8.87. The van der Waals surface area contributed by atoms with Crippen LogP contribution >= 0.6 is 0 Å². The minimum atomic E-state index is -0.497. The molecule has 6 heteroatoms. The predicted octanol–water partition coefficient (Wildman–Crippen LogP) is 5.79. The molecular weight excluding hydrogens is 438 g/mol. The molecule has 0 bridgehead atoms. The first kappa shape index (κ1) is 22.6. The molecule has 1 amide bonds. The number of pyridine rings is 1. The van der Waals surface area contributed by atoms with E-state index in [9.17, 15) is 9.59 Å². The number of para-hydroxylation sites is 1. The second-order valence-electron chi connectivity index (χ2n) is 8.87. The van der Waals surface area contributed by atoms with Crippen LogP contribution in [0.4, 0.5) is 5.82 Å². The van der Waals surface area contributed by atoms with Gasteiger partial charge in [0.2, 0.25) is 0 Å². The molecule has 0 spiro atoms. The van der Waals surface area contributed by atoms with Gasteiger partial charge in [-0.15, -0.1) is 0 Å². The summed E-state index contributed by atoms with van der Waals surface area (Å²) >= 11 is 0. The number of carbonyl (C=O) groups is 2. The van der Waals surface area contributed by atoms with Gasteiger partial charge in [-0.05, 0) is 68.7 Å². The fourth-order valence-corrected chi connectivity index (χ4v) is 4.80. The summed E-state index contributed by atoms with van der Waals surface area (Å²) in [5.74, 6) is 1.14. The van der Waals surface area contributed by atoms with Crippen molar-refractivity contribution in [2.45, 2.75) is 39.0 Å². The monoisotopic (exact) mass is 465 g/mol. The lowest BCUT2D eigenvalue weighted by molar-refractivity contribution is -0.116. The molecule has 176 valence electrons. The molecule has 1 unspecified atom stereocenters. The molecule has 2 aromatic carbocycles. The van der Waals surface area contributed by atoms with Gasteiger partial charge in [-0.3, -0.25) is 9.59 Å². The maximum absolute atomic E-state index is 13.6. The Hall–Kier alpha value is -4.19. The van der Waals surface area contributed by atoms with E-state index in [1.54, 1.807) is 6.07 Å². The van der Waals surface area contributed by atoms with Crippen molar-refractivity contribution in [2.75, 3.05) is 5.32 Å². The van der Waals surface area contributed by atoms with Gasteiger partial charge in [-0.25, -0.2) is 4.98 Å². The Morgan fingerprint density at radius 1 is 0.971 bits per heavy atom. The Kier molecular flexibility index (Phi) is 6.19. The Balaban J connectivity index is 1.56. The van der Waals surface area contributed by atoms with Gasteiger partial charge in [0.1, 0.15) is 17.3 Å². The highest BCUT2D eigenvalue weighted by Gasteiger charge is 2.38. The summed E-state index contributed by atoms with van der Waals surface area (Å²) in [6, 6.07) is 22.7. The molecule has 0 saturated carbocycles. The van der Waals surface area contributed by atoms with Crippen molar-refractivity contribution in [1.29, 1.82) is 0 Å². The Morgan fingerprint density at radius 3 is 2.54 bits per heavy atom. The minimum Gasteiger partial charge on any atom is -0.457 e. The predicted molar refractivity (Wildman–Crippen MR) is 135 cm³/mol. The number of carbonyl (C=O) groups excluding carboxylic acids is 2. The molecule has 2 heterocycles. The minimum absolute atomic E-state index is 0.0737. The van der Waals surface area contributed by atoms with Gasteiger partial charge in [0.15, 0.2) is 5.78 Å². The number of benzene rings is 2. The first-order chi connectivity index (χ1) is 17.0. The second kappa shape index (κ2) is 9.58. The number of aromatic nitrogens is 1. The van der Waals surface area contributed by atoms with Crippen molar-refractivity contribution in [3.05, 3.63) is 107 Å². The van der Waals surface area contributed by atoms with Crippen LogP contribution in [0, 0.1) is 6.92 Å². The molecule has 0 radical (unpaired) electrons. The largest absolute Gasteiger partial charge is 0.457 e. The topological polar surface area (TPSA) is 80.3 Å². The van der Waals surface area contributed by atoms with Crippen LogP contribution < -0.4 is 15.4 Å². The summed E-state index contributed by atoms with van der Waals surface area (Å²) in [5.41, 5.74) is 4.47. The molecule has 0 fully saturated rings. The van der Waals surface area contributed by atoms with Gasteiger partial charge >= 0.3 is 0 Å². The number of amides is 1. The third-order valence-corrected chi connectivity index (χ3v) is 6.32. The van der Waals surface area contributed by atoms with E-state index < -0.39 is 5.92 Å². The molecule has 3 aromatic rings. The van der Waals surface area contributed by atoms with Crippen LogP contribution in [0.2, 0.25) is 0 Å². The van der Waals surface area contributed by atoms with Crippen molar-refractivity contribution >= 4 is 17.5 Å². The van der Waals surface area contributed by atoms with Crippen molar-refractivity contribution < 1.29 is 14.3 Å². The number of allylic oxidation sites excluding steroid dienone is 3. The lowest BCUT2D eigenvalue weighted by Gasteiger charge is -2.34. The summed E-state index contributed by atoms with van der Waals surface area (Å²) < 4.78 is 6.06. The molecule has 0 saturated heterocycles. The number of nitrogens with zero attached hydrogens (tertiary/aromatic N) is 1. The maximum Gasteiger partial charge on any atom is 0.255 e. The van der Waals surface area contributed by atoms with E-state index in [1.807, 2.05) is 80.6 Å². The van der Waals surface area contributed by atoms with Crippen LogP contribution in [-0.4, -0.2) is 16.7 Å². The number of hydrogen-bond acceptors (Lipinski definition) is 5. The maximum atomic E-state index is 13.6. The number of anilines is 1. The molecule has 2 N–H and O–H groups in total. The lowest BCUT2D eigenvalue weighted by atomic mass is 9.75. The Bertz CT molecular complexity index is 1360. The zero-order chi connectivity index (χ0) is 24.4. The van der Waals surface area contributed by atoms with Crippen LogP contribution in [0.5, 0.6) is 11.5 Å². The van der Waals surface area contributed by atoms with Crippen LogP contribution in [-0.2, 0) is 9.59 Å². The molecule has 5 rings (SSSR count). The molecule has 35 heavy (non-hydrogen) atoms. The van der Waals surface area contributed by atoms with Gasteiger partial charge in [-0.2, -0.15) is 0 Å². The molecule has 1 aliphatic heterocycles. The number of nitrogens with one attached hydrogen (secondary N) is 2. The number of ketones is 1. The van der Waals surface area contributed by atoms with Crippen molar-refractivity contribution in [3.8, 4) is 11.5 Å².